The van der Waals surface area contributed by atoms with E-state index in [1.54, 1.807) is 11.3 Å². The van der Waals surface area contributed by atoms with Crippen LogP contribution < -0.4 is 0 Å². The number of hydrogen-bond acceptors (Lipinski definition) is 4. The Morgan fingerprint density at radius 2 is 1.93 bits per heavy atom. The zero-order valence-corrected chi connectivity index (χ0v) is 17.1. The van der Waals surface area contributed by atoms with Gasteiger partial charge in [-0.25, -0.2) is 0 Å². The summed E-state index contributed by atoms with van der Waals surface area (Å²) in [6, 6.07) is 14.5. The Balaban J connectivity index is 1.66. The van der Waals surface area contributed by atoms with E-state index in [9.17, 15) is 4.79 Å². The van der Waals surface area contributed by atoms with E-state index in [4.69, 9.17) is 16.1 Å². The summed E-state index contributed by atoms with van der Waals surface area (Å²) in [6.07, 6.45) is 1.77. The summed E-state index contributed by atoms with van der Waals surface area (Å²) < 4.78 is 4.98. The number of carbonyl (C=O) groups is 1. The van der Waals surface area contributed by atoms with Gasteiger partial charge in [0.2, 0.25) is 11.1 Å². The van der Waals surface area contributed by atoms with Crippen molar-refractivity contribution in [2.24, 2.45) is 0 Å². The molecule has 4 nitrogen and oxygen atoms in total. The van der Waals surface area contributed by atoms with Crippen molar-refractivity contribution >= 4 is 28.8 Å². The fourth-order valence-corrected chi connectivity index (χ4v) is 4.16. The normalized spacial score (nSPS) is 10.9. The molecule has 142 valence electrons. The minimum atomic E-state index is 0.119. The van der Waals surface area contributed by atoms with Crippen LogP contribution in [-0.4, -0.2) is 22.5 Å². The maximum Gasteiger partial charge on any atom is 0.229 e. The smallest absolute Gasteiger partial charge is 0.229 e. The quantitative estimate of drug-likeness (QED) is 0.519. The monoisotopic (exact) mass is 402 g/mol. The van der Waals surface area contributed by atoms with E-state index in [0.717, 1.165) is 17.7 Å². The zero-order chi connectivity index (χ0) is 19.2. The van der Waals surface area contributed by atoms with Gasteiger partial charge in [0, 0.05) is 28.3 Å². The fourth-order valence-electron chi connectivity index (χ4n) is 2.99. The third-order valence-electron chi connectivity index (χ3n) is 4.53. The summed E-state index contributed by atoms with van der Waals surface area (Å²) >= 11 is 7.77. The third-order valence-corrected chi connectivity index (χ3v) is 5.82. The number of aromatic nitrogens is 1. The topological polar surface area (TPSA) is 46.3 Å². The van der Waals surface area contributed by atoms with E-state index in [0.29, 0.717) is 25.9 Å². The van der Waals surface area contributed by atoms with Gasteiger partial charge in [-0.05, 0) is 56.0 Å². The predicted octanol–water partition coefficient (Wildman–Crippen LogP) is 5.21. The van der Waals surface area contributed by atoms with E-state index >= 15 is 0 Å². The molecule has 0 aliphatic rings. The van der Waals surface area contributed by atoms with Crippen LogP contribution in [0.4, 0.5) is 0 Å². The highest BCUT2D eigenvalue weighted by molar-refractivity contribution is 7.11. The van der Waals surface area contributed by atoms with Crippen LogP contribution in [0.1, 0.15) is 33.0 Å². The molecule has 0 aliphatic carbocycles. The molecule has 0 atom stereocenters. The number of halogens is 1. The molecule has 2 aromatic heterocycles. The molecule has 1 amide bonds. The second-order valence-electron chi connectivity index (χ2n) is 6.58. The molecular weight excluding hydrogens is 380 g/mol. The van der Waals surface area contributed by atoms with Crippen molar-refractivity contribution in [3.8, 4) is 0 Å². The Kier molecular flexibility index (Phi) is 6.69. The standard InChI is InChI=1S/C21H23ClN2O2S/c1-15-8-9-18(27-15)14-24(13-12-17-6-4-3-5-7-17)20(25)11-10-19-16(2)23-26-21(19)22/h3-9H,10-14H2,1-2H3. The van der Waals surface area contributed by atoms with Gasteiger partial charge in [-0.15, -0.1) is 11.3 Å². The van der Waals surface area contributed by atoms with E-state index in [-0.39, 0.29) is 11.1 Å². The number of amides is 1. The maximum absolute atomic E-state index is 12.9. The van der Waals surface area contributed by atoms with Gasteiger partial charge >= 0.3 is 0 Å². The Morgan fingerprint density at radius 3 is 2.56 bits per heavy atom. The molecule has 0 saturated carbocycles. The number of hydrogen-bond donors (Lipinski definition) is 0. The Morgan fingerprint density at radius 1 is 1.15 bits per heavy atom. The minimum Gasteiger partial charge on any atom is -0.344 e. The van der Waals surface area contributed by atoms with Crippen molar-refractivity contribution in [3.05, 3.63) is 74.3 Å². The van der Waals surface area contributed by atoms with Crippen LogP contribution in [0.2, 0.25) is 5.22 Å². The summed E-state index contributed by atoms with van der Waals surface area (Å²) in [4.78, 5) is 17.3. The van der Waals surface area contributed by atoms with Crippen molar-refractivity contribution in [2.75, 3.05) is 6.54 Å². The predicted molar refractivity (Wildman–Crippen MR) is 109 cm³/mol. The summed E-state index contributed by atoms with van der Waals surface area (Å²) in [5, 5.41) is 4.14. The molecule has 0 bridgehead atoms. The average Bonchev–Trinajstić information content (AvgIpc) is 3.22. The van der Waals surface area contributed by atoms with Crippen LogP contribution in [-0.2, 0) is 24.2 Å². The van der Waals surface area contributed by atoms with Crippen LogP contribution in [0.25, 0.3) is 0 Å². The largest absolute Gasteiger partial charge is 0.344 e. The van der Waals surface area contributed by atoms with Gasteiger partial charge in [-0.2, -0.15) is 0 Å². The number of aryl methyl sites for hydroxylation is 2. The van der Waals surface area contributed by atoms with E-state index in [1.165, 1.54) is 15.3 Å². The Bertz CT molecular complexity index is 869. The molecule has 0 N–H and O–H groups in total. The van der Waals surface area contributed by atoms with E-state index in [2.05, 4.69) is 36.3 Å². The van der Waals surface area contributed by atoms with Crippen molar-refractivity contribution in [1.82, 2.24) is 10.1 Å². The van der Waals surface area contributed by atoms with E-state index < -0.39 is 0 Å². The SMILES string of the molecule is Cc1ccc(CN(CCc2ccccc2)C(=O)CCc2c(C)noc2Cl)s1. The maximum atomic E-state index is 12.9. The average molecular weight is 403 g/mol. The van der Waals surface area contributed by atoms with Gasteiger partial charge in [0.1, 0.15) is 0 Å². The van der Waals surface area contributed by atoms with Gasteiger partial charge < -0.3 is 9.42 Å². The molecule has 0 fully saturated rings. The molecule has 27 heavy (non-hydrogen) atoms. The van der Waals surface area contributed by atoms with Crippen LogP contribution in [0.5, 0.6) is 0 Å². The van der Waals surface area contributed by atoms with Crippen molar-refractivity contribution < 1.29 is 9.32 Å². The zero-order valence-electron chi connectivity index (χ0n) is 15.6. The first-order valence-corrected chi connectivity index (χ1v) is 10.2. The van der Waals surface area contributed by atoms with Crippen LogP contribution in [0, 0.1) is 13.8 Å². The van der Waals surface area contributed by atoms with Gasteiger partial charge in [0.15, 0.2) is 0 Å². The Hall–Kier alpha value is -2.11. The van der Waals surface area contributed by atoms with Crippen LogP contribution >= 0.6 is 22.9 Å². The molecule has 3 rings (SSSR count). The van der Waals surface area contributed by atoms with Gasteiger partial charge in [0.05, 0.1) is 12.2 Å². The lowest BCUT2D eigenvalue weighted by molar-refractivity contribution is -0.131. The molecule has 6 heteroatoms. The van der Waals surface area contributed by atoms with Gasteiger partial charge in [-0.3, -0.25) is 4.79 Å². The third kappa shape index (κ3) is 5.44. The lowest BCUT2D eigenvalue weighted by Crippen LogP contribution is -2.32. The molecular formula is C21H23ClN2O2S. The molecule has 0 radical (unpaired) electrons. The highest BCUT2D eigenvalue weighted by Gasteiger charge is 2.18. The van der Waals surface area contributed by atoms with Crippen molar-refractivity contribution in [2.45, 2.75) is 39.7 Å². The van der Waals surface area contributed by atoms with Gasteiger partial charge in [-0.1, -0.05) is 35.5 Å². The number of thiophene rings is 1. The molecule has 0 aliphatic heterocycles. The first-order chi connectivity index (χ1) is 13.0. The van der Waals surface area contributed by atoms with Crippen LogP contribution in [0.3, 0.4) is 0 Å². The number of nitrogens with zero attached hydrogens (tertiary/aromatic N) is 2. The fraction of sp³-hybridized carbons (Fsp3) is 0.333. The second kappa shape index (κ2) is 9.20. The van der Waals surface area contributed by atoms with Gasteiger partial charge in [0.25, 0.3) is 0 Å². The number of carbonyl (C=O) groups excluding carboxylic acids is 1. The van der Waals surface area contributed by atoms with Crippen LogP contribution in [0.15, 0.2) is 47.0 Å². The summed E-state index contributed by atoms with van der Waals surface area (Å²) in [5.74, 6) is 0.119. The van der Waals surface area contributed by atoms with Crippen molar-refractivity contribution in [1.29, 1.82) is 0 Å². The first-order valence-electron chi connectivity index (χ1n) is 9.00. The lowest BCUT2D eigenvalue weighted by atomic mass is 10.1. The highest BCUT2D eigenvalue weighted by Crippen LogP contribution is 2.22. The first kappa shape index (κ1) is 19.6. The molecule has 0 unspecified atom stereocenters. The molecule has 3 aromatic rings. The lowest BCUT2D eigenvalue weighted by Gasteiger charge is -2.22. The summed E-state index contributed by atoms with van der Waals surface area (Å²) in [6.45, 7) is 5.26. The molecule has 1 aromatic carbocycles. The number of rotatable bonds is 8. The summed E-state index contributed by atoms with van der Waals surface area (Å²) in [7, 11) is 0. The molecule has 0 saturated heterocycles. The minimum absolute atomic E-state index is 0.119. The summed E-state index contributed by atoms with van der Waals surface area (Å²) in [5.41, 5.74) is 2.80. The molecule has 2 heterocycles. The van der Waals surface area contributed by atoms with Crippen molar-refractivity contribution in [3.63, 3.8) is 0 Å². The second-order valence-corrected chi connectivity index (χ2v) is 8.30. The Labute approximate surface area is 168 Å². The molecule has 0 spiro atoms. The number of benzene rings is 1. The highest BCUT2D eigenvalue weighted by atomic mass is 35.5. The van der Waals surface area contributed by atoms with E-state index in [1.807, 2.05) is 30.0 Å².